The van der Waals surface area contributed by atoms with Crippen LogP contribution < -0.4 is 9.84 Å². The van der Waals surface area contributed by atoms with Crippen molar-refractivity contribution in [3.05, 3.63) is 34.9 Å². The molecule has 0 N–H and O–H groups in total. The number of methoxy groups -OCH3 is 1. The number of hydrogen-bond donors (Lipinski definition) is 0. The van der Waals surface area contributed by atoms with E-state index in [2.05, 4.69) is 20.5 Å². The topological polar surface area (TPSA) is 131 Å². The highest BCUT2D eigenvalue weighted by atomic mass is 16.6. The Morgan fingerprint density at radius 2 is 2.05 bits per heavy atom. The minimum atomic E-state index is -0.809. The van der Waals surface area contributed by atoms with Crippen LogP contribution in [0.25, 0.3) is 0 Å². The van der Waals surface area contributed by atoms with E-state index in [0.717, 1.165) is 6.07 Å². The average molecular weight is 263 g/mol. The van der Waals surface area contributed by atoms with E-state index < -0.39 is 16.4 Å². The normalized spacial score (nSPS) is 10.8. The second-order valence-corrected chi connectivity index (χ2v) is 3.28. The first-order chi connectivity index (χ1) is 9.11. The summed E-state index contributed by atoms with van der Waals surface area (Å²) in [5.41, 5.74) is -0.520. The Bertz CT molecular complexity index is 624. The molecular weight excluding hydrogens is 256 g/mol. The van der Waals surface area contributed by atoms with Crippen molar-refractivity contribution in [1.82, 2.24) is 14.9 Å². The van der Waals surface area contributed by atoms with Crippen molar-refractivity contribution in [3.8, 4) is 11.5 Å². The molecule has 0 amide bonds. The zero-order valence-electron chi connectivity index (χ0n) is 9.63. The molecule has 19 heavy (non-hydrogen) atoms. The first-order valence-corrected chi connectivity index (χ1v) is 4.92. The minimum absolute atomic E-state index is 0.108. The lowest BCUT2D eigenvalue weighted by Crippen LogP contribution is -2.00. The van der Waals surface area contributed by atoms with E-state index in [-0.39, 0.29) is 11.4 Å². The van der Waals surface area contributed by atoms with E-state index in [1.165, 1.54) is 30.5 Å². The van der Waals surface area contributed by atoms with Crippen molar-refractivity contribution < 1.29 is 14.8 Å². The molecule has 0 unspecified atom stereocenters. The highest BCUT2D eigenvalue weighted by molar-refractivity contribution is 5.62. The van der Waals surface area contributed by atoms with Crippen LogP contribution in [0.1, 0.15) is 0 Å². The molecule has 0 atom stereocenters. The average Bonchev–Trinajstić information content (AvgIpc) is 2.90. The number of aromatic nitrogens is 3. The minimum Gasteiger partial charge on any atom is -0.865 e. The number of benzene rings is 1. The Kier molecular flexibility index (Phi) is 3.32. The molecule has 10 heteroatoms. The van der Waals surface area contributed by atoms with Gasteiger partial charge in [-0.3, -0.25) is 10.1 Å². The predicted octanol–water partition coefficient (Wildman–Crippen LogP) is 0.815. The maximum absolute atomic E-state index is 11.6. The maximum Gasteiger partial charge on any atom is 0.267 e. The first kappa shape index (κ1) is 12.4. The fourth-order valence-corrected chi connectivity index (χ4v) is 1.26. The summed E-state index contributed by atoms with van der Waals surface area (Å²) in [5.74, 6) is -0.984. The third-order valence-corrected chi connectivity index (χ3v) is 2.11. The van der Waals surface area contributed by atoms with E-state index in [1.807, 2.05) is 0 Å². The Hall–Kier alpha value is -3.04. The number of rotatable bonds is 4. The van der Waals surface area contributed by atoms with Crippen molar-refractivity contribution >= 4 is 11.4 Å². The van der Waals surface area contributed by atoms with Gasteiger partial charge in [-0.1, -0.05) is 5.22 Å². The second kappa shape index (κ2) is 5.08. The Balaban J connectivity index is 2.41. The third-order valence-electron chi connectivity index (χ3n) is 2.11. The van der Waals surface area contributed by atoms with Gasteiger partial charge in [0.1, 0.15) is 18.4 Å². The van der Waals surface area contributed by atoms with Gasteiger partial charge in [0, 0.05) is 17.9 Å². The summed E-state index contributed by atoms with van der Waals surface area (Å²) in [6, 6.07) is 2.27. The molecule has 0 aliphatic carbocycles. The monoisotopic (exact) mass is 263 g/mol. The van der Waals surface area contributed by atoms with Crippen molar-refractivity contribution in [2.24, 2.45) is 10.3 Å². The molecule has 10 nitrogen and oxygen atoms in total. The summed E-state index contributed by atoms with van der Waals surface area (Å²) in [6.07, 6.45) is 2.58. The Morgan fingerprint density at radius 3 is 2.63 bits per heavy atom. The largest absolute Gasteiger partial charge is 0.865 e. The lowest BCUT2D eigenvalue weighted by Gasteiger charge is -2.12. The molecule has 2 rings (SSSR count). The van der Waals surface area contributed by atoms with E-state index in [4.69, 9.17) is 4.74 Å². The summed E-state index contributed by atoms with van der Waals surface area (Å²) < 4.78 is 5.96. The fourth-order valence-electron chi connectivity index (χ4n) is 1.26. The smallest absolute Gasteiger partial charge is 0.267 e. The van der Waals surface area contributed by atoms with Crippen molar-refractivity contribution in [2.45, 2.75) is 0 Å². The van der Waals surface area contributed by atoms with Crippen LogP contribution in [-0.4, -0.2) is 26.9 Å². The molecule has 0 spiro atoms. The third kappa shape index (κ3) is 2.62. The number of nitro groups is 1. The summed E-state index contributed by atoms with van der Waals surface area (Å²) in [6.45, 7) is 0. The number of nitro benzene ring substituents is 1. The van der Waals surface area contributed by atoms with Crippen LogP contribution >= 0.6 is 0 Å². The van der Waals surface area contributed by atoms with Gasteiger partial charge in [-0.15, -0.1) is 15.3 Å². The van der Waals surface area contributed by atoms with Crippen LogP contribution in [0.5, 0.6) is 11.5 Å². The van der Waals surface area contributed by atoms with Crippen LogP contribution in [0.3, 0.4) is 0 Å². The molecule has 1 aromatic carbocycles. The van der Waals surface area contributed by atoms with E-state index in [9.17, 15) is 15.2 Å². The van der Waals surface area contributed by atoms with Crippen LogP contribution in [0.4, 0.5) is 11.4 Å². The van der Waals surface area contributed by atoms with Gasteiger partial charge >= 0.3 is 0 Å². The zero-order chi connectivity index (χ0) is 13.8. The summed E-state index contributed by atoms with van der Waals surface area (Å²) in [5, 5.41) is 36.7. The SMILES string of the molecule is COc1cc(N=Nn2cnnc2)cc([N+](=O)[O-])c1[O-]. The molecule has 0 saturated heterocycles. The second-order valence-electron chi connectivity index (χ2n) is 3.28. The van der Waals surface area contributed by atoms with Gasteiger partial charge in [0.25, 0.3) is 5.69 Å². The van der Waals surface area contributed by atoms with E-state index in [0.29, 0.717) is 0 Å². The van der Waals surface area contributed by atoms with Crippen molar-refractivity contribution in [2.75, 3.05) is 7.11 Å². The van der Waals surface area contributed by atoms with E-state index >= 15 is 0 Å². The maximum atomic E-state index is 11.6. The van der Waals surface area contributed by atoms with Crippen LogP contribution in [0, 0.1) is 10.1 Å². The molecule has 0 bridgehead atoms. The number of hydrogen-bond acceptors (Lipinski definition) is 8. The van der Waals surface area contributed by atoms with Gasteiger partial charge in [-0.25, -0.2) is 0 Å². The Morgan fingerprint density at radius 1 is 1.37 bits per heavy atom. The first-order valence-electron chi connectivity index (χ1n) is 4.92. The van der Waals surface area contributed by atoms with Crippen LogP contribution in [0.15, 0.2) is 35.1 Å². The number of ether oxygens (including phenoxy) is 1. The highest BCUT2D eigenvalue weighted by Crippen LogP contribution is 2.37. The molecular formula is C9H7N6O4-. The lowest BCUT2D eigenvalue weighted by molar-refractivity contribution is -0.398. The van der Waals surface area contributed by atoms with Gasteiger partial charge < -0.3 is 9.84 Å². The summed E-state index contributed by atoms with van der Waals surface area (Å²) >= 11 is 0. The molecule has 1 heterocycles. The quantitative estimate of drug-likeness (QED) is 0.455. The number of nitrogens with zero attached hydrogens (tertiary/aromatic N) is 6. The van der Waals surface area contributed by atoms with Crippen molar-refractivity contribution in [1.29, 1.82) is 0 Å². The van der Waals surface area contributed by atoms with Crippen LogP contribution in [-0.2, 0) is 0 Å². The highest BCUT2D eigenvalue weighted by Gasteiger charge is 2.13. The Labute approximate surface area is 106 Å². The zero-order valence-corrected chi connectivity index (χ0v) is 9.63. The van der Waals surface area contributed by atoms with Gasteiger partial charge in [0.15, 0.2) is 0 Å². The molecule has 0 radical (unpaired) electrons. The molecule has 0 fully saturated rings. The van der Waals surface area contributed by atoms with Gasteiger partial charge in [0.05, 0.1) is 17.7 Å². The van der Waals surface area contributed by atoms with Gasteiger partial charge in [0.2, 0.25) is 0 Å². The molecule has 2 aromatic rings. The standard InChI is InChI=1S/C9H8N6O4/c1-19-8-3-6(2-7(9(8)16)15(17)18)12-13-14-4-10-11-5-14/h2-5,16H,1H3/p-1. The summed E-state index contributed by atoms with van der Waals surface area (Å²) in [7, 11) is 1.24. The molecule has 1 aromatic heterocycles. The predicted molar refractivity (Wildman–Crippen MR) is 59.0 cm³/mol. The fraction of sp³-hybridized carbons (Fsp3) is 0.111. The molecule has 0 aliphatic heterocycles. The molecule has 0 aliphatic rings. The molecule has 98 valence electrons. The lowest BCUT2D eigenvalue weighted by atomic mass is 10.2. The van der Waals surface area contributed by atoms with Crippen molar-refractivity contribution in [3.63, 3.8) is 0 Å². The van der Waals surface area contributed by atoms with Crippen LogP contribution in [0.2, 0.25) is 0 Å². The van der Waals surface area contributed by atoms with Gasteiger partial charge in [-0.2, -0.15) is 4.68 Å². The van der Waals surface area contributed by atoms with Gasteiger partial charge in [-0.05, 0) is 0 Å². The summed E-state index contributed by atoms with van der Waals surface area (Å²) in [4.78, 5) is 9.92. The van der Waals surface area contributed by atoms with E-state index in [1.54, 1.807) is 0 Å². The molecule has 0 saturated carbocycles.